The van der Waals surface area contributed by atoms with Crippen LogP contribution in [0.15, 0.2) is 42.7 Å². The van der Waals surface area contributed by atoms with Crippen molar-refractivity contribution in [3.8, 4) is 0 Å². The summed E-state index contributed by atoms with van der Waals surface area (Å²) in [6.45, 7) is 4.35. The maximum absolute atomic E-state index is 11.3. The summed E-state index contributed by atoms with van der Waals surface area (Å²) in [6.07, 6.45) is 4.76. The minimum Gasteiger partial charge on any atom is -0.362 e. The SMILES string of the molecule is O=C1COC2(CCN(Cc3ccccc3Cn3cccn3)C2)CN1. The second-order valence-corrected chi connectivity index (χ2v) is 6.68. The second-order valence-electron chi connectivity index (χ2n) is 6.68. The third kappa shape index (κ3) is 3.20. The highest BCUT2D eigenvalue weighted by atomic mass is 16.5. The molecule has 0 radical (unpaired) electrons. The zero-order valence-corrected chi connectivity index (χ0v) is 13.6. The fourth-order valence-corrected chi connectivity index (χ4v) is 3.58. The largest absolute Gasteiger partial charge is 0.362 e. The monoisotopic (exact) mass is 326 g/mol. The first kappa shape index (κ1) is 15.4. The first-order valence-corrected chi connectivity index (χ1v) is 8.40. The Morgan fingerprint density at radius 3 is 2.75 bits per heavy atom. The second kappa shape index (κ2) is 6.37. The molecule has 0 saturated carbocycles. The van der Waals surface area contributed by atoms with Gasteiger partial charge in [-0.25, -0.2) is 0 Å². The lowest BCUT2D eigenvalue weighted by atomic mass is 10.0. The van der Waals surface area contributed by atoms with Crippen molar-refractivity contribution in [1.82, 2.24) is 20.0 Å². The van der Waals surface area contributed by atoms with Gasteiger partial charge in [0.15, 0.2) is 0 Å². The summed E-state index contributed by atoms with van der Waals surface area (Å²) in [7, 11) is 0. The Morgan fingerprint density at radius 1 is 1.21 bits per heavy atom. The molecule has 0 aliphatic carbocycles. The molecule has 1 spiro atoms. The lowest BCUT2D eigenvalue weighted by Crippen LogP contribution is -2.53. The van der Waals surface area contributed by atoms with Gasteiger partial charge in [0.25, 0.3) is 0 Å². The topological polar surface area (TPSA) is 59.4 Å². The maximum atomic E-state index is 11.3. The Kier molecular flexibility index (Phi) is 4.08. The van der Waals surface area contributed by atoms with Crippen molar-refractivity contribution in [2.24, 2.45) is 0 Å². The zero-order chi connectivity index (χ0) is 16.4. The van der Waals surface area contributed by atoms with Crippen LogP contribution in [-0.2, 0) is 22.6 Å². The summed E-state index contributed by atoms with van der Waals surface area (Å²) < 4.78 is 7.80. The van der Waals surface area contributed by atoms with Gasteiger partial charge in [-0.05, 0) is 23.6 Å². The quantitative estimate of drug-likeness (QED) is 0.911. The van der Waals surface area contributed by atoms with Gasteiger partial charge >= 0.3 is 0 Å². The van der Waals surface area contributed by atoms with E-state index >= 15 is 0 Å². The number of rotatable bonds is 4. The molecule has 2 fully saturated rings. The van der Waals surface area contributed by atoms with E-state index in [2.05, 4.69) is 39.6 Å². The molecule has 1 N–H and O–H groups in total. The molecule has 0 bridgehead atoms. The van der Waals surface area contributed by atoms with Crippen molar-refractivity contribution in [1.29, 1.82) is 0 Å². The highest BCUT2D eigenvalue weighted by Crippen LogP contribution is 2.28. The Balaban J connectivity index is 1.44. The Morgan fingerprint density at radius 2 is 2.04 bits per heavy atom. The minimum atomic E-state index is -0.204. The average Bonchev–Trinajstić information content (AvgIpc) is 3.23. The molecular formula is C18H22N4O2. The Bertz CT molecular complexity index is 704. The fourth-order valence-electron chi connectivity index (χ4n) is 3.58. The van der Waals surface area contributed by atoms with Crippen molar-refractivity contribution in [2.75, 3.05) is 26.2 Å². The summed E-state index contributed by atoms with van der Waals surface area (Å²) in [4.78, 5) is 13.7. The van der Waals surface area contributed by atoms with Crippen molar-refractivity contribution >= 4 is 5.91 Å². The molecular weight excluding hydrogens is 304 g/mol. The normalized spacial score (nSPS) is 24.4. The zero-order valence-electron chi connectivity index (χ0n) is 13.6. The summed E-state index contributed by atoms with van der Waals surface area (Å²) in [5, 5.41) is 7.24. The Hall–Kier alpha value is -2.18. The van der Waals surface area contributed by atoms with Crippen LogP contribution in [0.1, 0.15) is 17.5 Å². The van der Waals surface area contributed by atoms with E-state index in [9.17, 15) is 4.79 Å². The molecule has 1 unspecified atom stereocenters. The number of carbonyl (C=O) groups excluding carboxylic acids is 1. The van der Waals surface area contributed by atoms with Crippen LogP contribution in [0.5, 0.6) is 0 Å². The smallest absolute Gasteiger partial charge is 0.246 e. The summed E-state index contributed by atoms with van der Waals surface area (Å²) in [5.41, 5.74) is 2.41. The van der Waals surface area contributed by atoms with Gasteiger partial charge in [0.1, 0.15) is 6.61 Å². The molecule has 1 aromatic heterocycles. The van der Waals surface area contributed by atoms with E-state index in [1.807, 2.05) is 23.1 Å². The number of nitrogens with one attached hydrogen (secondary N) is 1. The first-order valence-electron chi connectivity index (χ1n) is 8.40. The van der Waals surface area contributed by atoms with Crippen molar-refractivity contribution in [3.05, 3.63) is 53.9 Å². The number of benzene rings is 1. The van der Waals surface area contributed by atoms with Gasteiger partial charge in [-0.15, -0.1) is 0 Å². The lowest BCUT2D eigenvalue weighted by Gasteiger charge is -2.33. The number of hydrogen-bond donors (Lipinski definition) is 1. The van der Waals surface area contributed by atoms with Crippen molar-refractivity contribution < 1.29 is 9.53 Å². The van der Waals surface area contributed by atoms with E-state index in [1.165, 1.54) is 11.1 Å². The van der Waals surface area contributed by atoms with Crippen molar-refractivity contribution in [2.45, 2.75) is 25.1 Å². The minimum absolute atomic E-state index is 0.0105. The molecule has 1 amide bonds. The predicted octanol–water partition coefficient (Wildman–Crippen LogP) is 1.02. The molecule has 2 aromatic rings. The van der Waals surface area contributed by atoms with Gasteiger partial charge in [-0.1, -0.05) is 24.3 Å². The highest BCUT2D eigenvalue weighted by molar-refractivity contribution is 5.78. The molecule has 6 nitrogen and oxygen atoms in total. The number of carbonyl (C=O) groups is 1. The Labute approximate surface area is 141 Å². The maximum Gasteiger partial charge on any atom is 0.246 e. The molecule has 2 aliphatic heterocycles. The number of likely N-dealkylation sites (tertiary alicyclic amines) is 1. The van der Waals surface area contributed by atoms with Crippen LogP contribution in [-0.4, -0.2) is 52.4 Å². The number of amides is 1. The number of nitrogens with zero attached hydrogens (tertiary/aromatic N) is 3. The van der Waals surface area contributed by atoms with Crippen LogP contribution in [0, 0.1) is 0 Å². The summed E-state index contributed by atoms with van der Waals surface area (Å²) >= 11 is 0. The predicted molar refractivity (Wildman–Crippen MR) is 89.4 cm³/mol. The number of ether oxygens (including phenoxy) is 1. The van der Waals surface area contributed by atoms with E-state index < -0.39 is 0 Å². The molecule has 1 atom stereocenters. The highest BCUT2D eigenvalue weighted by Gasteiger charge is 2.42. The van der Waals surface area contributed by atoms with Crippen LogP contribution in [0.25, 0.3) is 0 Å². The van der Waals surface area contributed by atoms with E-state index in [0.29, 0.717) is 6.54 Å². The molecule has 3 heterocycles. The molecule has 2 saturated heterocycles. The average molecular weight is 326 g/mol. The third-order valence-corrected chi connectivity index (χ3v) is 4.92. The third-order valence-electron chi connectivity index (χ3n) is 4.92. The lowest BCUT2D eigenvalue weighted by molar-refractivity contribution is -0.142. The van der Waals surface area contributed by atoms with Gasteiger partial charge < -0.3 is 10.1 Å². The van der Waals surface area contributed by atoms with Crippen LogP contribution < -0.4 is 5.32 Å². The standard InChI is InChI=1S/C18H22N4O2/c23-17-12-24-18(13-19-17)6-9-21(14-18)10-15-4-1-2-5-16(15)11-22-8-3-7-20-22/h1-5,7-8H,6,9-14H2,(H,19,23). The van der Waals surface area contributed by atoms with Crippen LogP contribution in [0.4, 0.5) is 0 Å². The molecule has 2 aliphatic rings. The molecule has 1 aromatic carbocycles. The van der Waals surface area contributed by atoms with Crippen LogP contribution >= 0.6 is 0 Å². The van der Waals surface area contributed by atoms with Gasteiger partial charge in [-0.3, -0.25) is 14.4 Å². The van der Waals surface area contributed by atoms with E-state index in [4.69, 9.17) is 4.74 Å². The van der Waals surface area contributed by atoms with Gasteiger partial charge in [0, 0.05) is 38.6 Å². The summed E-state index contributed by atoms with van der Waals surface area (Å²) in [6, 6.07) is 10.5. The van der Waals surface area contributed by atoms with Crippen LogP contribution in [0.3, 0.4) is 0 Å². The number of aromatic nitrogens is 2. The number of morpholine rings is 1. The number of hydrogen-bond acceptors (Lipinski definition) is 4. The summed E-state index contributed by atoms with van der Waals surface area (Å²) in [5.74, 6) is -0.0105. The molecule has 24 heavy (non-hydrogen) atoms. The van der Waals surface area contributed by atoms with Gasteiger partial charge in [0.2, 0.25) is 5.91 Å². The van der Waals surface area contributed by atoms with E-state index in [-0.39, 0.29) is 18.1 Å². The van der Waals surface area contributed by atoms with Gasteiger partial charge in [0.05, 0.1) is 12.1 Å². The van der Waals surface area contributed by atoms with E-state index in [0.717, 1.165) is 32.6 Å². The van der Waals surface area contributed by atoms with E-state index in [1.54, 1.807) is 0 Å². The van der Waals surface area contributed by atoms with Crippen LogP contribution in [0.2, 0.25) is 0 Å². The molecule has 4 rings (SSSR count). The van der Waals surface area contributed by atoms with Gasteiger partial charge in [-0.2, -0.15) is 5.10 Å². The molecule has 6 heteroatoms. The fraction of sp³-hybridized carbons (Fsp3) is 0.444. The van der Waals surface area contributed by atoms with Crippen molar-refractivity contribution in [3.63, 3.8) is 0 Å². The molecule has 126 valence electrons. The first-order chi connectivity index (χ1) is 11.7.